The number of carboxylic acids is 1. The topological polar surface area (TPSA) is 83.5 Å². The van der Waals surface area contributed by atoms with Crippen LogP contribution >= 0.6 is 11.6 Å². The van der Waals surface area contributed by atoms with Crippen molar-refractivity contribution in [3.8, 4) is 0 Å². The first-order valence-electron chi connectivity index (χ1n) is 4.75. The number of para-hydroxylation sites is 1. The Morgan fingerprint density at radius 1 is 1.47 bits per heavy atom. The number of benzene rings is 1. The second-order valence-electron chi connectivity index (χ2n) is 3.56. The number of halogens is 1. The second-order valence-corrected chi connectivity index (χ2v) is 5.97. The van der Waals surface area contributed by atoms with Crippen molar-refractivity contribution in [2.24, 2.45) is 0 Å². The number of aryl methyl sites for hydroxylation is 1. The van der Waals surface area contributed by atoms with Gasteiger partial charge < -0.3 is 5.11 Å². The lowest BCUT2D eigenvalue weighted by molar-refractivity contribution is -0.136. The van der Waals surface area contributed by atoms with Crippen molar-refractivity contribution in [1.82, 2.24) is 0 Å². The van der Waals surface area contributed by atoms with Gasteiger partial charge >= 0.3 is 5.97 Å². The average molecular weight is 278 g/mol. The fourth-order valence-corrected chi connectivity index (χ4v) is 2.45. The number of nitrogens with one attached hydrogen (secondary N) is 1. The minimum Gasteiger partial charge on any atom is -0.480 e. The van der Waals surface area contributed by atoms with E-state index in [1.54, 1.807) is 19.1 Å². The highest BCUT2D eigenvalue weighted by Crippen LogP contribution is 2.26. The first kappa shape index (κ1) is 13.8. The molecule has 1 atom stereocenters. The van der Waals surface area contributed by atoms with Crippen LogP contribution in [0.1, 0.15) is 12.5 Å². The molecule has 0 fully saturated rings. The zero-order chi connectivity index (χ0) is 13.2. The molecule has 0 saturated heterocycles. The summed E-state index contributed by atoms with van der Waals surface area (Å²) in [5, 5.41) is 7.37. The van der Waals surface area contributed by atoms with Crippen molar-refractivity contribution >= 4 is 33.3 Å². The van der Waals surface area contributed by atoms with Crippen LogP contribution in [0.5, 0.6) is 0 Å². The van der Waals surface area contributed by atoms with Crippen LogP contribution in [0.4, 0.5) is 5.69 Å². The molecular weight excluding hydrogens is 266 g/mol. The lowest BCUT2D eigenvalue weighted by Crippen LogP contribution is -2.32. The van der Waals surface area contributed by atoms with Gasteiger partial charge in [0.1, 0.15) is 0 Å². The van der Waals surface area contributed by atoms with Gasteiger partial charge in [-0.15, -0.1) is 0 Å². The normalized spacial score (nSPS) is 13.1. The molecule has 1 aromatic rings. The van der Waals surface area contributed by atoms with Gasteiger partial charge in [-0.25, -0.2) is 8.42 Å². The number of anilines is 1. The van der Waals surface area contributed by atoms with Crippen molar-refractivity contribution in [1.29, 1.82) is 0 Å². The standard InChI is InChI=1S/C10H12ClNO4S/c1-6-4-3-5-8(11)9(6)12-17(15,16)7(2)10(13)14/h3-5,7,12H,1-2H3,(H,13,14). The third-order valence-corrected chi connectivity index (χ3v) is 4.22. The molecule has 7 heteroatoms. The van der Waals surface area contributed by atoms with Crippen LogP contribution in [-0.4, -0.2) is 24.7 Å². The summed E-state index contributed by atoms with van der Waals surface area (Å²) in [5.41, 5.74) is 0.834. The molecule has 94 valence electrons. The van der Waals surface area contributed by atoms with Crippen molar-refractivity contribution in [3.05, 3.63) is 28.8 Å². The first-order chi connectivity index (χ1) is 7.75. The number of hydrogen-bond acceptors (Lipinski definition) is 3. The molecule has 0 bridgehead atoms. The van der Waals surface area contributed by atoms with Gasteiger partial charge in [0, 0.05) is 0 Å². The molecule has 2 N–H and O–H groups in total. The molecule has 0 amide bonds. The van der Waals surface area contributed by atoms with Crippen molar-refractivity contribution in [2.45, 2.75) is 19.1 Å². The molecule has 0 heterocycles. The summed E-state index contributed by atoms with van der Waals surface area (Å²) in [4.78, 5) is 10.7. The minimum atomic E-state index is -3.99. The monoisotopic (exact) mass is 277 g/mol. The van der Waals surface area contributed by atoms with Crippen molar-refractivity contribution < 1.29 is 18.3 Å². The fourth-order valence-electron chi connectivity index (χ4n) is 1.12. The van der Waals surface area contributed by atoms with Crippen molar-refractivity contribution in [2.75, 3.05) is 4.72 Å². The van der Waals surface area contributed by atoms with Gasteiger partial charge in [0.15, 0.2) is 5.25 Å². The Morgan fingerprint density at radius 3 is 2.53 bits per heavy atom. The van der Waals surface area contributed by atoms with Crippen LogP contribution in [0.25, 0.3) is 0 Å². The molecule has 5 nitrogen and oxygen atoms in total. The summed E-state index contributed by atoms with van der Waals surface area (Å²) in [5.74, 6) is -1.41. The summed E-state index contributed by atoms with van der Waals surface area (Å²) in [7, 11) is -3.99. The lowest BCUT2D eigenvalue weighted by atomic mass is 10.2. The third-order valence-electron chi connectivity index (χ3n) is 2.28. The molecule has 0 spiro atoms. The summed E-state index contributed by atoms with van der Waals surface area (Å²) >= 11 is 5.85. The van der Waals surface area contributed by atoms with E-state index in [1.807, 2.05) is 0 Å². The molecule has 1 aromatic carbocycles. The van der Waals surface area contributed by atoms with E-state index in [1.165, 1.54) is 6.07 Å². The van der Waals surface area contributed by atoms with E-state index in [4.69, 9.17) is 16.7 Å². The van der Waals surface area contributed by atoms with Crippen LogP contribution < -0.4 is 4.72 Å². The smallest absolute Gasteiger partial charge is 0.323 e. The Balaban J connectivity index is 3.11. The molecule has 0 aliphatic carbocycles. The molecule has 0 saturated carbocycles. The average Bonchev–Trinajstić information content (AvgIpc) is 2.22. The number of carboxylic acid groups (broad SMARTS) is 1. The van der Waals surface area contributed by atoms with Gasteiger partial charge in [0.25, 0.3) is 0 Å². The number of aliphatic carboxylic acids is 1. The van der Waals surface area contributed by atoms with E-state index in [0.29, 0.717) is 5.56 Å². The van der Waals surface area contributed by atoms with Crippen LogP contribution in [0, 0.1) is 6.92 Å². The largest absolute Gasteiger partial charge is 0.480 e. The highest BCUT2D eigenvalue weighted by molar-refractivity contribution is 7.94. The number of rotatable bonds is 4. The summed E-state index contributed by atoms with van der Waals surface area (Å²) in [6.07, 6.45) is 0. The van der Waals surface area contributed by atoms with Gasteiger partial charge in [-0.1, -0.05) is 23.7 Å². The van der Waals surface area contributed by atoms with Crippen LogP contribution in [0.2, 0.25) is 5.02 Å². The predicted octanol–water partition coefficient (Wildman–Crippen LogP) is 1.86. The first-order valence-corrected chi connectivity index (χ1v) is 6.67. The number of sulfonamides is 1. The van der Waals surface area contributed by atoms with Gasteiger partial charge in [0.2, 0.25) is 10.0 Å². The third kappa shape index (κ3) is 3.10. The van der Waals surface area contributed by atoms with Gasteiger partial charge in [-0.3, -0.25) is 9.52 Å². The molecule has 0 aliphatic heterocycles. The Labute approximate surface area is 104 Å². The van der Waals surface area contributed by atoms with E-state index in [0.717, 1.165) is 6.92 Å². The van der Waals surface area contributed by atoms with Gasteiger partial charge in [0.05, 0.1) is 10.7 Å². The van der Waals surface area contributed by atoms with E-state index in [9.17, 15) is 13.2 Å². The van der Waals surface area contributed by atoms with Crippen molar-refractivity contribution in [3.63, 3.8) is 0 Å². The zero-order valence-corrected chi connectivity index (χ0v) is 10.8. The maximum atomic E-state index is 11.7. The maximum Gasteiger partial charge on any atom is 0.323 e. The highest BCUT2D eigenvalue weighted by atomic mass is 35.5. The zero-order valence-electron chi connectivity index (χ0n) is 9.27. The fraction of sp³-hybridized carbons (Fsp3) is 0.300. The summed E-state index contributed by atoms with van der Waals surface area (Å²) in [6, 6.07) is 4.88. The Kier molecular flexibility index (Phi) is 4.00. The summed E-state index contributed by atoms with van der Waals surface area (Å²) in [6.45, 7) is 2.77. The SMILES string of the molecule is Cc1cccc(Cl)c1NS(=O)(=O)C(C)C(=O)O. The molecule has 1 unspecified atom stereocenters. The minimum absolute atomic E-state index is 0.210. The Hall–Kier alpha value is -1.27. The number of carbonyl (C=O) groups is 1. The van der Waals surface area contributed by atoms with Gasteiger partial charge in [-0.2, -0.15) is 0 Å². The van der Waals surface area contributed by atoms with E-state index in [2.05, 4.69) is 4.72 Å². The summed E-state index contributed by atoms with van der Waals surface area (Å²) < 4.78 is 25.6. The second kappa shape index (κ2) is 4.93. The van der Waals surface area contributed by atoms with Gasteiger partial charge in [-0.05, 0) is 25.5 Å². The van der Waals surface area contributed by atoms with E-state index < -0.39 is 21.2 Å². The maximum absolute atomic E-state index is 11.7. The molecule has 17 heavy (non-hydrogen) atoms. The van der Waals surface area contributed by atoms with Crippen LogP contribution in [-0.2, 0) is 14.8 Å². The lowest BCUT2D eigenvalue weighted by Gasteiger charge is -2.14. The Morgan fingerprint density at radius 2 is 2.06 bits per heavy atom. The van der Waals surface area contributed by atoms with Crippen LogP contribution in [0.15, 0.2) is 18.2 Å². The van der Waals surface area contributed by atoms with Crippen LogP contribution in [0.3, 0.4) is 0 Å². The van der Waals surface area contributed by atoms with E-state index >= 15 is 0 Å². The molecule has 1 rings (SSSR count). The molecule has 0 radical (unpaired) electrons. The quantitative estimate of drug-likeness (QED) is 0.880. The molecule has 0 aliphatic rings. The number of hydrogen-bond donors (Lipinski definition) is 2. The molecular formula is C10H12ClNO4S. The van der Waals surface area contributed by atoms with E-state index in [-0.39, 0.29) is 10.7 Å². The highest BCUT2D eigenvalue weighted by Gasteiger charge is 2.28. The molecule has 0 aromatic heterocycles. The predicted molar refractivity (Wildman–Crippen MR) is 65.8 cm³/mol. The Bertz CT molecular complexity index is 521.